The summed E-state index contributed by atoms with van der Waals surface area (Å²) in [6.07, 6.45) is 4.35. The highest BCUT2D eigenvalue weighted by atomic mass is 16.5. The summed E-state index contributed by atoms with van der Waals surface area (Å²) in [7, 11) is 4.75. The summed E-state index contributed by atoms with van der Waals surface area (Å²) in [6.45, 7) is 4.80. The summed E-state index contributed by atoms with van der Waals surface area (Å²) in [6, 6.07) is 10.0. The molecule has 0 bridgehead atoms. The maximum absolute atomic E-state index is 12.8. The molecule has 32 heavy (non-hydrogen) atoms. The SMILES string of the molecule is COc1cc(OC)c(OC)cc1/C=C/C(=O)N1CCN(Cc2ccc3c(c2)CCO3)CC1. The van der Waals surface area contributed by atoms with E-state index < -0.39 is 0 Å². The van der Waals surface area contributed by atoms with Crippen molar-refractivity contribution in [2.24, 2.45) is 0 Å². The largest absolute Gasteiger partial charge is 0.496 e. The number of rotatable bonds is 7. The molecule has 1 amide bonds. The summed E-state index contributed by atoms with van der Waals surface area (Å²) in [5.41, 5.74) is 3.36. The van der Waals surface area contributed by atoms with E-state index in [-0.39, 0.29) is 5.91 Å². The molecule has 7 nitrogen and oxygen atoms in total. The van der Waals surface area contributed by atoms with Gasteiger partial charge in [0.25, 0.3) is 0 Å². The van der Waals surface area contributed by atoms with Gasteiger partial charge in [-0.05, 0) is 29.3 Å². The van der Waals surface area contributed by atoms with E-state index in [1.54, 1.807) is 45.6 Å². The molecule has 1 fully saturated rings. The molecule has 2 aliphatic rings. The van der Waals surface area contributed by atoms with Crippen molar-refractivity contribution in [3.8, 4) is 23.0 Å². The molecule has 2 heterocycles. The standard InChI is InChI=1S/C25H30N2O5/c1-29-22-16-24(31-3)23(30-2)15-19(22)5-7-25(28)27-11-9-26(10-12-27)17-18-4-6-21-20(14-18)8-13-32-21/h4-7,14-16H,8-13,17H2,1-3H3/b7-5+. The van der Waals surface area contributed by atoms with Crippen LogP contribution < -0.4 is 18.9 Å². The first kappa shape index (κ1) is 22.0. The van der Waals surface area contributed by atoms with Crippen molar-refractivity contribution in [2.75, 3.05) is 54.1 Å². The minimum atomic E-state index is -0.00355. The number of benzene rings is 2. The van der Waals surface area contributed by atoms with Crippen molar-refractivity contribution in [3.05, 3.63) is 53.1 Å². The van der Waals surface area contributed by atoms with Gasteiger partial charge in [-0.3, -0.25) is 9.69 Å². The van der Waals surface area contributed by atoms with E-state index in [1.165, 1.54) is 11.1 Å². The monoisotopic (exact) mass is 438 g/mol. The van der Waals surface area contributed by atoms with Crippen LogP contribution in [0, 0.1) is 0 Å². The number of hydrogen-bond donors (Lipinski definition) is 0. The molecule has 0 unspecified atom stereocenters. The second-order valence-electron chi connectivity index (χ2n) is 7.92. The zero-order chi connectivity index (χ0) is 22.5. The van der Waals surface area contributed by atoms with Crippen molar-refractivity contribution < 1.29 is 23.7 Å². The minimum Gasteiger partial charge on any atom is -0.496 e. The Labute approximate surface area is 189 Å². The Balaban J connectivity index is 1.34. The second kappa shape index (κ2) is 9.96. The average molecular weight is 439 g/mol. The molecule has 7 heteroatoms. The number of hydrogen-bond acceptors (Lipinski definition) is 6. The average Bonchev–Trinajstić information content (AvgIpc) is 3.30. The molecule has 2 aromatic carbocycles. The van der Waals surface area contributed by atoms with Gasteiger partial charge in [-0.1, -0.05) is 12.1 Å². The molecular formula is C25H30N2O5. The van der Waals surface area contributed by atoms with Crippen LogP contribution in [0.2, 0.25) is 0 Å². The lowest BCUT2D eigenvalue weighted by Crippen LogP contribution is -2.47. The number of amides is 1. The lowest BCUT2D eigenvalue weighted by atomic mass is 10.1. The van der Waals surface area contributed by atoms with Crippen LogP contribution in [0.5, 0.6) is 23.0 Å². The number of ether oxygens (including phenoxy) is 4. The van der Waals surface area contributed by atoms with E-state index in [0.717, 1.165) is 44.0 Å². The Morgan fingerprint density at radius 1 is 0.969 bits per heavy atom. The first-order chi connectivity index (χ1) is 15.6. The number of fused-ring (bicyclic) bond motifs is 1. The fourth-order valence-electron chi connectivity index (χ4n) is 4.17. The van der Waals surface area contributed by atoms with Crippen molar-refractivity contribution in [2.45, 2.75) is 13.0 Å². The molecule has 0 saturated carbocycles. The number of nitrogens with zero attached hydrogens (tertiary/aromatic N) is 2. The molecule has 4 rings (SSSR count). The van der Waals surface area contributed by atoms with E-state index >= 15 is 0 Å². The molecule has 0 spiro atoms. The number of carbonyl (C=O) groups excluding carboxylic acids is 1. The van der Waals surface area contributed by atoms with E-state index in [9.17, 15) is 4.79 Å². The Kier molecular flexibility index (Phi) is 6.85. The van der Waals surface area contributed by atoms with Gasteiger partial charge in [0.2, 0.25) is 5.91 Å². The molecular weight excluding hydrogens is 408 g/mol. The van der Waals surface area contributed by atoms with E-state index in [0.29, 0.717) is 30.3 Å². The van der Waals surface area contributed by atoms with Crippen molar-refractivity contribution in [1.82, 2.24) is 9.80 Å². The maximum atomic E-state index is 12.8. The third-order valence-electron chi connectivity index (χ3n) is 5.99. The van der Waals surface area contributed by atoms with E-state index in [2.05, 4.69) is 23.1 Å². The fourth-order valence-corrected chi connectivity index (χ4v) is 4.17. The van der Waals surface area contributed by atoms with Gasteiger partial charge in [-0.2, -0.15) is 0 Å². The van der Waals surface area contributed by atoms with Crippen LogP contribution >= 0.6 is 0 Å². The topological polar surface area (TPSA) is 60.5 Å². The predicted molar refractivity (Wildman–Crippen MR) is 123 cm³/mol. The summed E-state index contributed by atoms with van der Waals surface area (Å²) >= 11 is 0. The first-order valence-electron chi connectivity index (χ1n) is 10.8. The third kappa shape index (κ3) is 4.83. The minimum absolute atomic E-state index is 0.00355. The highest BCUT2D eigenvalue weighted by Gasteiger charge is 2.21. The molecule has 0 aliphatic carbocycles. The molecule has 170 valence electrons. The normalized spacial score (nSPS) is 16.0. The van der Waals surface area contributed by atoms with Crippen LogP contribution in [0.1, 0.15) is 16.7 Å². The van der Waals surface area contributed by atoms with Gasteiger partial charge in [0.1, 0.15) is 11.5 Å². The van der Waals surface area contributed by atoms with Gasteiger partial charge < -0.3 is 23.8 Å². The van der Waals surface area contributed by atoms with Gasteiger partial charge in [-0.15, -0.1) is 0 Å². The fraction of sp³-hybridized carbons (Fsp3) is 0.400. The van der Waals surface area contributed by atoms with Gasteiger partial charge in [0.05, 0.1) is 27.9 Å². The summed E-state index contributed by atoms with van der Waals surface area (Å²) in [5.74, 6) is 2.81. The van der Waals surface area contributed by atoms with Gasteiger partial charge >= 0.3 is 0 Å². The van der Waals surface area contributed by atoms with Crippen molar-refractivity contribution in [1.29, 1.82) is 0 Å². The molecule has 1 saturated heterocycles. The Bertz CT molecular complexity index is 996. The molecule has 0 radical (unpaired) electrons. The van der Waals surface area contributed by atoms with Crippen LogP contribution in [0.15, 0.2) is 36.4 Å². The van der Waals surface area contributed by atoms with Crippen LogP contribution in [0.25, 0.3) is 6.08 Å². The Morgan fingerprint density at radius 3 is 2.41 bits per heavy atom. The highest BCUT2D eigenvalue weighted by Crippen LogP contribution is 2.35. The van der Waals surface area contributed by atoms with Crippen LogP contribution in [-0.4, -0.2) is 69.8 Å². The Hall–Kier alpha value is -3.19. The zero-order valence-corrected chi connectivity index (χ0v) is 18.9. The van der Waals surface area contributed by atoms with Crippen molar-refractivity contribution >= 4 is 12.0 Å². The highest BCUT2D eigenvalue weighted by molar-refractivity contribution is 5.92. The van der Waals surface area contributed by atoms with Gasteiger partial charge in [0.15, 0.2) is 11.5 Å². The molecule has 2 aliphatic heterocycles. The maximum Gasteiger partial charge on any atom is 0.246 e. The van der Waals surface area contributed by atoms with Crippen LogP contribution in [0.3, 0.4) is 0 Å². The summed E-state index contributed by atoms with van der Waals surface area (Å²) in [4.78, 5) is 17.0. The second-order valence-corrected chi connectivity index (χ2v) is 7.92. The smallest absolute Gasteiger partial charge is 0.246 e. The summed E-state index contributed by atoms with van der Waals surface area (Å²) in [5, 5.41) is 0. The van der Waals surface area contributed by atoms with Crippen molar-refractivity contribution in [3.63, 3.8) is 0 Å². The molecule has 0 N–H and O–H groups in total. The Morgan fingerprint density at radius 2 is 1.69 bits per heavy atom. The predicted octanol–water partition coefficient (Wildman–Crippen LogP) is 3.00. The molecule has 0 aromatic heterocycles. The number of piperazine rings is 1. The molecule has 0 atom stereocenters. The van der Waals surface area contributed by atoms with Gasteiger partial charge in [0, 0.05) is 56.9 Å². The quantitative estimate of drug-likeness (QED) is 0.620. The van der Waals surface area contributed by atoms with Crippen LogP contribution in [0.4, 0.5) is 0 Å². The van der Waals surface area contributed by atoms with Crippen LogP contribution in [-0.2, 0) is 17.8 Å². The van der Waals surface area contributed by atoms with Gasteiger partial charge in [-0.25, -0.2) is 0 Å². The third-order valence-corrected chi connectivity index (χ3v) is 5.99. The molecule has 2 aromatic rings. The first-order valence-corrected chi connectivity index (χ1v) is 10.8. The lowest BCUT2D eigenvalue weighted by Gasteiger charge is -2.34. The zero-order valence-electron chi connectivity index (χ0n) is 18.9. The lowest BCUT2D eigenvalue weighted by molar-refractivity contribution is -0.127. The van der Waals surface area contributed by atoms with E-state index in [1.807, 2.05) is 4.90 Å². The van der Waals surface area contributed by atoms with E-state index in [4.69, 9.17) is 18.9 Å². The number of carbonyl (C=O) groups is 1. The number of methoxy groups -OCH3 is 3. The summed E-state index contributed by atoms with van der Waals surface area (Å²) < 4.78 is 21.7.